The number of carbonyl (C=O) groups is 1. The van der Waals surface area contributed by atoms with Crippen molar-refractivity contribution in [3.63, 3.8) is 0 Å². The lowest BCUT2D eigenvalue weighted by Gasteiger charge is -2.04. The number of carbonyl (C=O) groups excluding carboxylic acids is 1. The largest absolute Gasteiger partial charge is 0.400 e. The molecule has 0 fully saturated rings. The van der Waals surface area contributed by atoms with Crippen molar-refractivity contribution in [2.75, 3.05) is 27.9 Å². The van der Waals surface area contributed by atoms with Gasteiger partial charge in [0.15, 0.2) is 5.70 Å². The number of benzene rings is 4. The van der Waals surface area contributed by atoms with E-state index in [9.17, 15) is 4.79 Å². The molecule has 0 aliphatic heterocycles. The summed E-state index contributed by atoms with van der Waals surface area (Å²) in [6.07, 6.45) is 1.13. The molecule has 4 rings (SSSR count). The van der Waals surface area contributed by atoms with Crippen LogP contribution in [0.3, 0.4) is 0 Å². The number of ether oxygens (including phenoxy) is 2. The zero-order valence-corrected chi connectivity index (χ0v) is 28.2. The van der Waals surface area contributed by atoms with Gasteiger partial charge in [-0.25, -0.2) is 11.4 Å². The molecule has 0 bridgehead atoms. The monoisotopic (exact) mass is 652 g/mol. The molecule has 7 heteroatoms. The van der Waals surface area contributed by atoms with E-state index in [0.29, 0.717) is 31.8 Å². The fourth-order valence-corrected chi connectivity index (χ4v) is 3.94. The van der Waals surface area contributed by atoms with Crippen molar-refractivity contribution in [2.24, 2.45) is 0 Å². The van der Waals surface area contributed by atoms with Gasteiger partial charge in [0.05, 0.1) is 26.4 Å². The zero-order valence-electron chi connectivity index (χ0n) is 28.2. The van der Waals surface area contributed by atoms with Crippen molar-refractivity contribution >= 4 is 11.5 Å². The molecule has 0 saturated heterocycles. The second-order valence-corrected chi connectivity index (χ2v) is 9.54. The highest BCUT2D eigenvalue weighted by Gasteiger charge is 2.22. The molecule has 0 amide bonds. The van der Waals surface area contributed by atoms with E-state index < -0.39 is 6.04 Å². The summed E-state index contributed by atoms with van der Waals surface area (Å²) in [6.45, 7) is 19.1. The Morgan fingerprint density at radius 2 is 1.08 bits per heavy atom. The number of methoxy groups -OCH3 is 2. The first-order valence-electron chi connectivity index (χ1n) is 15.2. The van der Waals surface area contributed by atoms with Crippen LogP contribution in [0.5, 0.6) is 0 Å². The molecule has 0 spiro atoms. The minimum atomic E-state index is -0.605. The van der Waals surface area contributed by atoms with Gasteiger partial charge < -0.3 is 19.7 Å². The molecule has 0 aliphatic carbocycles. The maximum absolute atomic E-state index is 11.3. The highest BCUT2D eigenvalue weighted by atomic mass is 16.5. The molecule has 256 valence electrons. The molecule has 2 N–H and O–H groups in total. The molecule has 48 heavy (non-hydrogen) atoms. The molecule has 0 radical (unpaired) electrons. The number of hydrogen-bond donors (Lipinski definition) is 2. The second-order valence-electron chi connectivity index (χ2n) is 9.54. The summed E-state index contributed by atoms with van der Waals surface area (Å²) >= 11 is 0. The molecule has 0 saturated carbocycles. The molecule has 0 aliphatic rings. The lowest BCUT2D eigenvalue weighted by atomic mass is 10.0. The first-order chi connectivity index (χ1) is 23.0. The minimum absolute atomic E-state index is 0. The maximum atomic E-state index is 11.3. The van der Waals surface area contributed by atoms with Crippen LogP contribution in [0.4, 0.5) is 0 Å². The van der Waals surface area contributed by atoms with Gasteiger partial charge in [-0.3, -0.25) is 9.64 Å². The standard InChI is InChI=1S/C12H13NO.C11H11NO.2C8H10O.CH4O.CH4/c1-3-10(9-14)12(13-2)11-7-5-4-6-8-11;1-3-10(13)11(12-2)9-7-5-4-6-8-9;2*1-9-7-8-5-3-2-4-6-8;1-2;/h4-8,14H,3,9H2,1H3;4-8,11H,3H2,1H3;2*2-6H,7H2,1H3;2H,1H3;1H4. The van der Waals surface area contributed by atoms with Crippen molar-refractivity contribution < 1.29 is 24.5 Å². The Labute approximate surface area is 288 Å². The topological polar surface area (TPSA) is 84.7 Å². The van der Waals surface area contributed by atoms with Crippen LogP contribution < -0.4 is 0 Å². The number of hydrogen-bond acceptors (Lipinski definition) is 5. The van der Waals surface area contributed by atoms with Gasteiger partial charge in [-0.15, -0.1) is 0 Å². The van der Waals surface area contributed by atoms with Gasteiger partial charge in [0, 0.05) is 33.3 Å². The van der Waals surface area contributed by atoms with Gasteiger partial charge in [0.2, 0.25) is 5.78 Å². The second kappa shape index (κ2) is 30.7. The summed E-state index contributed by atoms with van der Waals surface area (Å²) in [6, 6.07) is 38.3. The smallest absolute Gasteiger partial charge is 0.305 e. The predicted octanol–water partition coefficient (Wildman–Crippen LogP) is 9.26. The fourth-order valence-electron chi connectivity index (χ4n) is 3.94. The van der Waals surface area contributed by atoms with E-state index in [0.717, 1.165) is 23.8 Å². The molecule has 7 nitrogen and oxygen atoms in total. The Morgan fingerprint density at radius 3 is 1.40 bits per heavy atom. The third-order valence-electron chi connectivity index (χ3n) is 6.32. The summed E-state index contributed by atoms with van der Waals surface area (Å²) in [5.74, 6) is -0.0128. The number of ketones is 1. The average molecular weight is 653 g/mol. The van der Waals surface area contributed by atoms with E-state index >= 15 is 0 Å². The van der Waals surface area contributed by atoms with E-state index in [-0.39, 0.29) is 19.8 Å². The molecular formula is C41H52N2O5. The quantitative estimate of drug-likeness (QED) is 0.167. The van der Waals surface area contributed by atoms with Gasteiger partial charge in [0.25, 0.3) is 0 Å². The number of Topliss-reactive ketones (excluding diaryl/α,β-unsaturated/α-hetero) is 1. The van der Waals surface area contributed by atoms with Crippen LogP contribution in [0.1, 0.15) is 62.4 Å². The fraction of sp³-hybridized carbons (Fsp3) is 0.293. The third kappa shape index (κ3) is 18.9. The maximum Gasteiger partial charge on any atom is 0.305 e. The zero-order chi connectivity index (χ0) is 35.1. The van der Waals surface area contributed by atoms with Crippen molar-refractivity contribution in [1.29, 1.82) is 0 Å². The van der Waals surface area contributed by atoms with Crippen LogP contribution in [-0.4, -0.2) is 43.9 Å². The normalized spacial score (nSPS) is 10.3. The molecule has 1 unspecified atom stereocenters. The van der Waals surface area contributed by atoms with Crippen LogP contribution in [-0.2, 0) is 27.5 Å². The number of aliphatic hydroxyl groups is 2. The van der Waals surface area contributed by atoms with Gasteiger partial charge in [0.1, 0.15) is 0 Å². The van der Waals surface area contributed by atoms with Crippen LogP contribution >= 0.6 is 0 Å². The SMILES string of the molecule is C.CO.COCc1ccccc1.COCc1ccccc1.[C-]#[N+]C(=C(CC)CO)c1ccccc1.[C-]#[N+]C(C(=O)CC)c1ccccc1. The first-order valence-corrected chi connectivity index (χ1v) is 15.2. The van der Waals surface area contributed by atoms with Gasteiger partial charge in [-0.1, -0.05) is 143 Å². The summed E-state index contributed by atoms with van der Waals surface area (Å²) in [7, 11) is 4.40. The van der Waals surface area contributed by atoms with Crippen molar-refractivity contribution in [1.82, 2.24) is 0 Å². The molecule has 1 atom stereocenters. The molecule has 0 heterocycles. The third-order valence-corrected chi connectivity index (χ3v) is 6.32. The Morgan fingerprint density at radius 1 is 0.688 bits per heavy atom. The minimum Gasteiger partial charge on any atom is -0.400 e. The Bertz CT molecular complexity index is 1400. The van der Waals surface area contributed by atoms with Crippen LogP contribution in [0.25, 0.3) is 15.4 Å². The first kappa shape index (κ1) is 45.2. The van der Waals surface area contributed by atoms with Crippen molar-refractivity contribution in [3.05, 3.63) is 172 Å². The summed E-state index contributed by atoms with van der Waals surface area (Å²) in [5.41, 5.74) is 5.50. The van der Waals surface area contributed by atoms with Crippen molar-refractivity contribution in [3.8, 4) is 0 Å². The molecular weight excluding hydrogens is 600 g/mol. The predicted molar refractivity (Wildman–Crippen MR) is 198 cm³/mol. The summed E-state index contributed by atoms with van der Waals surface area (Å²) in [4.78, 5) is 18.1. The van der Waals surface area contributed by atoms with Crippen LogP contribution in [0, 0.1) is 13.1 Å². The van der Waals surface area contributed by atoms with E-state index in [1.165, 1.54) is 11.1 Å². The van der Waals surface area contributed by atoms with E-state index in [1.807, 2.05) is 128 Å². The number of nitrogens with zero attached hydrogens (tertiary/aromatic N) is 2. The summed E-state index contributed by atoms with van der Waals surface area (Å²) in [5, 5.41) is 16.1. The Hall–Kier alpha value is -4.89. The Balaban J connectivity index is 0. The lowest BCUT2D eigenvalue weighted by molar-refractivity contribution is -0.119. The number of aliphatic hydroxyl groups excluding tert-OH is 2. The van der Waals surface area contributed by atoms with Gasteiger partial charge in [-0.05, 0) is 28.7 Å². The highest BCUT2D eigenvalue weighted by molar-refractivity contribution is 5.86. The van der Waals surface area contributed by atoms with E-state index in [1.54, 1.807) is 21.1 Å². The molecule has 4 aromatic carbocycles. The highest BCUT2D eigenvalue weighted by Crippen LogP contribution is 2.21. The van der Waals surface area contributed by atoms with Crippen LogP contribution in [0.15, 0.2) is 127 Å². The van der Waals surface area contributed by atoms with Crippen LogP contribution in [0.2, 0.25) is 0 Å². The van der Waals surface area contributed by atoms with Gasteiger partial charge in [-0.2, -0.15) is 0 Å². The number of rotatable bonds is 10. The van der Waals surface area contributed by atoms with Gasteiger partial charge >= 0.3 is 6.04 Å². The Kier molecular flexibility index (Phi) is 29.0. The lowest BCUT2D eigenvalue weighted by Crippen LogP contribution is -2.06. The summed E-state index contributed by atoms with van der Waals surface area (Å²) < 4.78 is 9.86. The average Bonchev–Trinajstić information content (AvgIpc) is 3.14. The van der Waals surface area contributed by atoms with E-state index in [4.69, 9.17) is 32.8 Å². The molecule has 0 aromatic heterocycles. The molecule has 4 aromatic rings. The van der Waals surface area contributed by atoms with E-state index in [2.05, 4.69) is 9.69 Å². The van der Waals surface area contributed by atoms with Crippen molar-refractivity contribution in [2.45, 2.75) is 53.4 Å².